The Morgan fingerprint density at radius 3 is 1.35 bits per heavy atom. The van der Waals surface area contributed by atoms with Crippen LogP contribution in [0.5, 0.6) is 0 Å². The fraction of sp³-hybridized carbons (Fsp3) is 0. The Balaban J connectivity index is 0.912. The predicted molar refractivity (Wildman–Crippen MR) is 258 cm³/mol. The second kappa shape index (κ2) is 14.0. The van der Waals surface area contributed by atoms with Gasteiger partial charge in [0.1, 0.15) is 5.58 Å². The van der Waals surface area contributed by atoms with Crippen LogP contribution in [0.4, 0.5) is 0 Å². The molecular formula is C57H35N5O. The summed E-state index contributed by atoms with van der Waals surface area (Å²) in [5, 5.41) is 7.04. The number of aromatic nitrogens is 5. The molecule has 0 bridgehead atoms. The normalized spacial score (nSPS) is 11.8. The van der Waals surface area contributed by atoms with E-state index in [1.807, 2.05) is 72.8 Å². The zero-order chi connectivity index (χ0) is 41.4. The quantitative estimate of drug-likeness (QED) is 0.168. The van der Waals surface area contributed by atoms with Crippen LogP contribution >= 0.6 is 0 Å². The molecule has 0 N–H and O–H groups in total. The van der Waals surface area contributed by atoms with Crippen molar-refractivity contribution in [2.24, 2.45) is 0 Å². The van der Waals surface area contributed by atoms with E-state index in [-0.39, 0.29) is 0 Å². The standard InChI is InChI=1S/C57H35N5O/c1-3-14-36(15-4-1)55-58-56(37-16-5-2-6-17-37)60-57(59-55)38-26-30-41(31-27-38)61-48-22-10-7-18-42(48)46-34-39(28-32-50(46)61)40-29-33-51-47(35-40)43-19-8-11-23-49(43)62(51)52-24-13-21-45-44-20-9-12-25-53(44)63-54(45)52/h1-35H. The minimum atomic E-state index is 0.632. The smallest absolute Gasteiger partial charge is 0.164 e. The lowest BCUT2D eigenvalue weighted by Crippen LogP contribution is -2.00. The maximum absolute atomic E-state index is 6.54. The summed E-state index contributed by atoms with van der Waals surface area (Å²) in [5.74, 6) is 1.92. The van der Waals surface area contributed by atoms with E-state index in [0.29, 0.717) is 17.5 Å². The zero-order valence-electron chi connectivity index (χ0n) is 33.9. The second-order valence-electron chi connectivity index (χ2n) is 16.0. The molecule has 0 aliphatic carbocycles. The van der Waals surface area contributed by atoms with Crippen LogP contribution in [-0.2, 0) is 0 Å². The van der Waals surface area contributed by atoms with Crippen LogP contribution in [0.15, 0.2) is 217 Å². The first-order valence-electron chi connectivity index (χ1n) is 21.2. The number of rotatable bonds is 6. The van der Waals surface area contributed by atoms with Crippen molar-refractivity contribution in [3.8, 4) is 56.7 Å². The van der Waals surface area contributed by atoms with Crippen molar-refractivity contribution in [1.29, 1.82) is 0 Å². The molecule has 9 aromatic carbocycles. The maximum atomic E-state index is 6.54. The fourth-order valence-corrected chi connectivity index (χ4v) is 9.45. The molecule has 4 aromatic heterocycles. The molecule has 6 nitrogen and oxygen atoms in total. The van der Waals surface area contributed by atoms with Crippen molar-refractivity contribution in [3.63, 3.8) is 0 Å². The van der Waals surface area contributed by atoms with Crippen LogP contribution in [0, 0.1) is 0 Å². The summed E-state index contributed by atoms with van der Waals surface area (Å²) in [6.07, 6.45) is 0. The van der Waals surface area contributed by atoms with Gasteiger partial charge in [0.05, 0.1) is 27.8 Å². The van der Waals surface area contributed by atoms with E-state index in [4.69, 9.17) is 19.4 Å². The molecule has 63 heavy (non-hydrogen) atoms. The molecule has 0 fully saturated rings. The number of furan rings is 1. The second-order valence-corrected chi connectivity index (χ2v) is 16.0. The molecule has 0 saturated carbocycles. The molecule has 0 aliphatic rings. The van der Waals surface area contributed by atoms with Crippen LogP contribution in [0.3, 0.4) is 0 Å². The Morgan fingerprint density at radius 1 is 0.302 bits per heavy atom. The summed E-state index contributed by atoms with van der Waals surface area (Å²) < 4.78 is 11.2. The Hall–Kier alpha value is -8.61. The third-order valence-electron chi connectivity index (χ3n) is 12.4. The summed E-state index contributed by atoms with van der Waals surface area (Å²) in [4.78, 5) is 14.8. The third kappa shape index (κ3) is 5.62. The predicted octanol–water partition coefficient (Wildman–Crippen LogP) is 14.6. The lowest BCUT2D eigenvalue weighted by atomic mass is 10.0. The average Bonchev–Trinajstić information content (AvgIpc) is 4.02. The summed E-state index contributed by atoms with van der Waals surface area (Å²) in [7, 11) is 0. The van der Waals surface area contributed by atoms with Gasteiger partial charge in [0, 0.05) is 54.7 Å². The Morgan fingerprint density at radius 2 is 0.746 bits per heavy atom. The van der Waals surface area contributed by atoms with E-state index in [2.05, 4.69) is 149 Å². The molecule has 0 aliphatic heterocycles. The molecule has 294 valence electrons. The van der Waals surface area contributed by atoms with Crippen LogP contribution in [0.25, 0.3) is 122 Å². The number of hydrogen-bond acceptors (Lipinski definition) is 4. The summed E-state index contributed by atoms with van der Waals surface area (Å²) >= 11 is 0. The average molecular weight is 806 g/mol. The van der Waals surface area contributed by atoms with Crippen LogP contribution < -0.4 is 0 Å². The molecular weight excluding hydrogens is 771 g/mol. The van der Waals surface area contributed by atoms with Gasteiger partial charge in [-0.15, -0.1) is 0 Å². The van der Waals surface area contributed by atoms with Crippen molar-refractivity contribution in [2.75, 3.05) is 0 Å². The van der Waals surface area contributed by atoms with Crippen LogP contribution in [-0.4, -0.2) is 24.1 Å². The number of hydrogen-bond donors (Lipinski definition) is 0. The van der Waals surface area contributed by atoms with Crippen molar-refractivity contribution < 1.29 is 4.42 Å². The molecule has 0 radical (unpaired) electrons. The molecule has 0 atom stereocenters. The van der Waals surface area contributed by atoms with Crippen molar-refractivity contribution in [1.82, 2.24) is 24.1 Å². The highest BCUT2D eigenvalue weighted by Crippen LogP contribution is 2.41. The number of para-hydroxylation sites is 4. The molecule has 0 unspecified atom stereocenters. The lowest BCUT2D eigenvalue weighted by molar-refractivity contribution is 0.666. The molecule has 6 heteroatoms. The van der Waals surface area contributed by atoms with Crippen molar-refractivity contribution in [2.45, 2.75) is 0 Å². The van der Waals surface area contributed by atoms with Gasteiger partial charge in [0.2, 0.25) is 0 Å². The molecule has 13 aromatic rings. The van der Waals surface area contributed by atoms with E-state index in [9.17, 15) is 0 Å². The first-order chi connectivity index (χ1) is 31.2. The van der Waals surface area contributed by atoms with Gasteiger partial charge >= 0.3 is 0 Å². The fourth-order valence-electron chi connectivity index (χ4n) is 9.45. The first-order valence-corrected chi connectivity index (χ1v) is 21.2. The first kappa shape index (κ1) is 35.2. The van der Waals surface area contributed by atoms with E-state index in [0.717, 1.165) is 83.2 Å². The van der Waals surface area contributed by atoms with E-state index < -0.39 is 0 Å². The largest absolute Gasteiger partial charge is 0.454 e. The molecule has 0 spiro atoms. The SMILES string of the molecule is c1ccc(-c2nc(-c3ccccc3)nc(-c3ccc(-n4c5ccccc5c5cc(-c6ccc7c(c6)c6ccccc6n7-c6cccc7c6oc6ccccc67)ccc54)cc3)n2)cc1. The summed E-state index contributed by atoms with van der Waals surface area (Å²) in [6.45, 7) is 0. The number of nitrogens with zero attached hydrogens (tertiary/aromatic N) is 5. The minimum absolute atomic E-state index is 0.632. The summed E-state index contributed by atoms with van der Waals surface area (Å²) in [6, 6.07) is 74.5. The highest BCUT2D eigenvalue weighted by Gasteiger charge is 2.20. The monoisotopic (exact) mass is 805 g/mol. The van der Waals surface area contributed by atoms with Crippen LogP contribution in [0.1, 0.15) is 0 Å². The van der Waals surface area contributed by atoms with Crippen molar-refractivity contribution >= 4 is 65.6 Å². The van der Waals surface area contributed by atoms with Crippen molar-refractivity contribution in [3.05, 3.63) is 212 Å². The Bertz CT molecular complexity index is 3840. The van der Waals surface area contributed by atoms with Gasteiger partial charge < -0.3 is 13.6 Å². The van der Waals surface area contributed by atoms with Gasteiger partial charge in [-0.05, 0) is 83.9 Å². The number of fused-ring (bicyclic) bond motifs is 9. The molecule has 4 heterocycles. The minimum Gasteiger partial charge on any atom is -0.454 e. The van der Waals surface area contributed by atoms with E-state index in [1.54, 1.807) is 0 Å². The van der Waals surface area contributed by atoms with E-state index in [1.165, 1.54) is 21.5 Å². The number of benzene rings is 9. The van der Waals surface area contributed by atoms with Gasteiger partial charge in [0.15, 0.2) is 23.1 Å². The Labute approximate surface area is 361 Å². The molecule has 0 amide bonds. The van der Waals surface area contributed by atoms with Gasteiger partial charge in [0.25, 0.3) is 0 Å². The highest BCUT2D eigenvalue weighted by atomic mass is 16.3. The lowest BCUT2D eigenvalue weighted by Gasteiger charge is -2.11. The van der Waals surface area contributed by atoms with Gasteiger partial charge in [-0.25, -0.2) is 15.0 Å². The molecule has 0 saturated heterocycles. The highest BCUT2D eigenvalue weighted by molar-refractivity contribution is 6.14. The topological polar surface area (TPSA) is 61.7 Å². The van der Waals surface area contributed by atoms with Crippen LogP contribution in [0.2, 0.25) is 0 Å². The zero-order valence-corrected chi connectivity index (χ0v) is 33.9. The molecule has 13 rings (SSSR count). The van der Waals surface area contributed by atoms with Gasteiger partial charge in [-0.3, -0.25) is 0 Å². The van der Waals surface area contributed by atoms with Gasteiger partial charge in [-0.2, -0.15) is 0 Å². The summed E-state index contributed by atoms with van der Waals surface area (Å²) in [5.41, 5.74) is 13.6. The third-order valence-corrected chi connectivity index (χ3v) is 12.4. The maximum Gasteiger partial charge on any atom is 0.164 e. The van der Waals surface area contributed by atoms with Gasteiger partial charge in [-0.1, -0.05) is 140 Å². The Kier molecular flexibility index (Phi) is 7.80. The van der Waals surface area contributed by atoms with E-state index >= 15 is 0 Å².